The summed E-state index contributed by atoms with van der Waals surface area (Å²) >= 11 is 1.93. The van der Waals surface area contributed by atoms with E-state index >= 15 is 0 Å². The van der Waals surface area contributed by atoms with Crippen molar-refractivity contribution in [3.63, 3.8) is 0 Å². The quantitative estimate of drug-likeness (QED) is 0.641. The summed E-state index contributed by atoms with van der Waals surface area (Å²) in [7, 11) is 0. The zero-order chi connectivity index (χ0) is 13.4. The largest absolute Gasteiger partial charge is 0.399 e. The summed E-state index contributed by atoms with van der Waals surface area (Å²) in [4.78, 5) is 1.41. The monoisotopic (exact) mass is 266 g/mol. The van der Waals surface area contributed by atoms with E-state index < -0.39 is 0 Å². The number of hydrogen-bond donors (Lipinski definition) is 2. The van der Waals surface area contributed by atoms with E-state index in [1.54, 1.807) is 0 Å². The van der Waals surface area contributed by atoms with Gasteiger partial charge >= 0.3 is 0 Å². The first-order valence-corrected chi connectivity index (χ1v) is 7.90. The summed E-state index contributed by atoms with van der Waals surface area (Å²) in [5, 5.41) is 3.28. The van der Waals surface area contributed by atoms with E-state index in [4.69, 9.17) is 5.73 Å². The second-order valence-electron chi connectivity index (χ2n) is 4.76. The van der Waals surface area contributed by atoms with Gasteiger partial charge in [-0.2, -0.15) is 0 Å². The van der Waals surface area contributed by atoms with E-state index in [0.717, 1.165) is 5.69 Å². The summed E-state index contributed by atoms with van der Waals surface area (Å²) in [5.41, 5.74) is 8.00. The Hall–Kier alpha value is -0.670. The zero-order valence-electron chi connectivity index (χ0n) is 11.8. The maximum Gasteiger partial charge on any atom is 0.0317 e. The molecule has 1 atom stereocenters. The molecule has 0 aliphatic carbocycles. The van der Waals surface area contributed by atoms with Crippen LogP contribution in [0.1, 0.15) is 45.1 Å². The van der Waals surface area contributed by atoms with Gasteiger partial charge in [0.1, 0.15) is 0 Å². The minimum Gasteiger partial charge on any atom is -0.399 e. The Morgan fingerprint density at radius 2 is 1.94 bits per heavy atom. The average Bonchev–Trinajstić information content (AvgIpc) is 2.73. The van der Waals surface area contributed by atoms with E-state index in [1.165, 1.54) is 42.1 Å². The highest BCUT2D eigenvalue weighted by atomic mass is 32.2. The van der Waals surface area contributed by atoms with Crippen LogP contribution < -0.4 is 11.1 Å². The van der Waals surface area contributed by atoms with Crippen LogP contribution in [0.4, 0.5) is 5.69 Å². The number of benzene rings is 1. The number of rotatable bonds is 4. The molecule has 0 fully saturated rings. The van der Waals surface area contributed by atoms with Gasteiger partial charge in [-0.1, -0.05) is 20.8 Å². The number of hydrogen-bond acceptors (Lipinski definition) is 3. The first-order valence-electron chi connectivity index (χ1n) is 6.92. The van der Waals surface area contributed by atoms with Crippen LogP contribution in [0.15, 0.2) is 23.1 Å². The molecular weight excluding hydrogens is 240 g/mol. The van der Waals surface area contributed by atoms with E-state index in [0.29, 0.717) is 5.92 Å². The van der Waals surface area contributed by atoms with Gasteiger partial charge in [0.15, 0.2) is 0 Å². The number of fused-ring (bicyclic) bond motifs is 1. The molecule has 0 aromatic heterocycles. The number of nitrogens with one attached hydrogen (secondary N) is 1. The molecule has 1 aliphatic rings. The smallest absolute Gasteiger partial charge is 0.0317 e. The van der Waals surface area contributed by atoms with Crippen molar-refractivity contribution in [2.45, 2.75) is 44.4 Å². The molecule has 1 aromatic rings. The predicted octanol–water partition coefficient (Wildman–Crippen LogP) is 3.87. The lowest BCUT2D eigenvalue weighted by Crippen LogP contribution is -2.14. The van der Waals surface area contributed by atoms with Crippen LogP contribution in [-0.4, -0.2) is 18.8 Å². The summed E-state index contributed by atoms with van der Waals surface area (Å²) in [6.07, 6.45) is 2.50. The van der Waals surface area contributed by atoms with Crippen molar-refractivity contribution in [1.82, 2.24) is 5.32 Å². The summed E-state index contributed by atoms with van der Waals surface area (Å²) < 4.78 is 0. The second kappa shape index (κ2) is 8.44. The molecule has 1 unspecified atom stereocenters. The van der Waals surface area contributed by atoms with Crippen LogP contribution in [0.5, 0.6) is 0 Å². The molecule has 3 N–H and O–H groups in total. The molecule has 2 rings (SSSR count). The van der Waals surface area contributed by atoms with Crippen LogP contribution in [0.2, 0.25) is 0 Å². The topological polar surface area (TPSA) is 38.0 Å². The average molecular weight is 266 g/mol. The van der Waals surface area contributed by atoms with Crippen LogP contribution in [0.3, 0.4) is 0 Å². The van der Waals surface area contributed by atoms with Crippen molar-refractivity contribution in [1.29, 1.82) is 0 Å². The van der Waals surface area contributed by atoms with Gasteiger partial charge in [0.25, 0.3) is 0 Å². The Morgan fingerprint density at radius 1 is 1.28 bits per heavy atom. The highest BCUT2D eigenvalue weighted by Gasteiger charge is 2.18. The van der Waals surface area contributed by atoms with Crippen LogP contribution >= 0.6 is 11.8 Å². The van der Waals surface area contributed by atoms with Gasteiger partial charge in [-0.05, 0) is 55.6 Å². The van der Waals surface area contributed by atoms with E-state index in [1.807, 2.05) is 17.8 Å². The van der Waals surface area contributed by atoms with Crippen LogP contribution in [0.25, 0.3) is 0 Å². The standard InChI is InChI=1S/C9H11NS.C6H15N/c1-6-5-11-9-3-2-7(10)4-8(6)9;1-3-5-7-6-4-2/h2-4,6H,5,10H2,1H3;7H,3-6H2,1-2H3. The van der Waals surface area contributed by atoms with Crippen LogP contribution in [0, 0.1) is 0 Å². The minimum absolute atomic E-state index is 0.679. The summed E-state index contributed by atoms with van der Waals surface area (Å²) in [5.74, 6) is 1.89. The zero-order valence-corrected chi connectivity index (χ0v) is 12.6. The second-order valence-corrected chi connectivity index (χ2v) is 5.82. The fraction of sp³-hybridized carbons (Fsp3) is 0.600. The molecule has 0 saturated carbocycles. The highest BCUT2D eigenvalue weighted by molar-refractivity contribution is 7.99. The van der Waals surface area contributed by atoms with Gasteiger partial charge in [-0.15, -0.1) is 11.8 Å². The molecule has 2 nitrogen and oxygen atoms in total. The molecule has 0 spiro atoms. The third-order valence-electron chi connectivity index (χ3n) is 2.91. The Morgan fingerprint density at radius 3 is 2.56 bits per heavy atom. The predicted molar refractivity (Wildman–Crippen MR) is 83.4 cm³/mol. The normalized spacial score (nSPS) is 16.9. The lowest BCUT2D eigenvalue weighted by atomic mass is 10.0. The van der Waals surface area contributed by atoms with Crippen molar-refractivity contribution < 1.29 is 0 Å². The fourth-order valence-electron chi connectivity index (χ4n) is 1.87. The lowest BCUT2D eigenvalue weighted by molar-refractivity contribution is 0.662. The minimum atomic E-state index is 0.679. The molecular formula is C15H26N2S. The molecule has 0 radical (unpaired) electrons. The molecule has 1 heterocycles. The van der Waals surface area contributed by atoms with Crippen molar-refractivity contribution in [3.8, 4) is 0 Å². The van der Waals surface area contributed by atoms with Crippen LogP contribution in [-0.2, 0) is 0 Å². The van der Waals surface area contributed by atoms with E-state index in [9.17, 15) is 0 Å². The third-order valence-corrected chi connectivity index (χ3v) is 4.26. The fourth-order valence-corrected chi connectivity index (χ4v) is 3.07. The Kier molecular flexibility index (Phi) is 7.21. The van der Waals surface area contributed by atoms with E-state index in [-0.39, 0.29) is 0 Å². The molecule has 1 aliphatic heterocycles. The molecule has 18 heavy (non-hydrogen) atoms. The molecule has 0 amide bonds. The van der Waals surface area contributed by atoms with Gasteiger partial charge in [0.2, 0.25) is 0 Å². The number of nitrogen functional groups attached to an aromatic ring is 1. The molecule has 3 heteroatoms. The molecule has 1 aromatic carbocycles. The maximum absolute atomic E-state index is 5.68. The number of thioether (sulfide) groups is 1. The Bertz CT molecular complexity index is 348. The lowest BCUT2D eigenvalue weighted by Gasteiger charge is -2.02. The van der Waals surface area contributed by atoms with Gasteiger partial charge in [0.05, 0.1) is 0 Å². The Balaban J connectivity index is 0.000000203. The molecule has 0 bridgehead atoms. The summed E-state index contributed by atoms with van der Waals surface area (Å²) in [6.45, 7) is 8.96. The number of nitrogens with two attached hydrogens (primary N) is 1. The number of anilines is 1. The first-order chi connectivity index (χ1) is 8.69. The van der Waals surface area contributed by atoms with Crippen molar-refractivity contribution >= 4 is 17.4 Å². The molecule has 0 saturated heterocycles. The highest BCUT2D eigenvalue weighted by Crippen LogP contribution is 2.39. The SMILES string of the molecule is CC1CSc2ccc(N)cc21.CCCNCCC. The van der Waals surface area contributed by atoms with Gasteiger partial charge in [0, 0.05) is 16.3 Å². The van der Waals surface area contributed by atoms with Crippen molar-refractivity contribution in [2.75, 3.05) is 24.6 Å². The van der Waals surface area contributed by atoms with E-state index in [2.05, 4.69) is 38.2 Å². The first kappa shape index (κ1) is 15.4. The summed E-state index contributed by atoms with van der Waals surface area (Å²) in [6, 6.07) is 6.20. The molecule has 102 valence electrons. The van der Waals surface area contributed by atoms with Gasteiger partial charge in [-0.25, -0.2) is 0 Å². The van der Waals surface area contributed by atoms with Crippen molar-refractivity contribution in [2.24, 2.45) is 0 Å². The van der Waals surface area contributed by atoms with Crippen molar-refractivity contribution in [3.05, 3.63) is 23.8 Å². The van der Waals surface area contributed by atoms with Gasteiger partial charge < -0.3 is 11.1 Å². The maximum atomic E-state index is 5.68. The Labute approximate surface area is 116 Å². The van der Waals surface area contributed by atoms with Gasteiger partial charge in [-0.3, -0.25) is 0 Å². The third kappa shape index (κ3) is 4.91.